The Balaban J connectivity index is 2.11. The highest BCUT2D eigenvalue weighted by Gasteiger charge is 2.32. The average molecular weight is 189 g/mol. The highest BCUT2D eigenvalue weighted by Crippen LogP contribution is 2.38. The number of hydrogen-bond donors (Lipinski definition) is 1. The molecule has 0 radical (unpaired) electrons. The van der Waals surface area contributed by atoms with Gasteiger partial charge in [0.1, 0.15) is 0 Å². The van der Waals surface area contributed by atoms with E-state index >= 15 is 0 Å². The minimum atomic E-state index is -0.0140. The largest absolute Gasteiger partial charge is 0.321 e. The van der Waals surface area contributed by atoms with E-state index in [9.17, 15) is 0 Å². The van der Waals surface area contributed by atoms with Crippen LogP contribution in [0.25, 0.3) is 5.65 Å². The second-order valence-electron chi connectivity index (χ2n) is 3.72. The first kappa shape index (κ1) is 7.87. The standard InChI is InChI=1S/C9H11N5/c10-8(6-3-4-6)9-13-12-7-2-1-5-11-14(7)9/h1-2,5-6,8H,3-4,10H2. The normalized spacial score (nSPS) is 18.6. The molecule has 2 aromatic heterocycles. The molecule has 0 bridgehead atoms. The van der Waals surface area contributed by atoms with Gasteiger partial charge < -0.3 is 5.73 Å². The molecule has 1 saturated carbocycles. The van der Waals surface area contributed by atoms with Crippen LogP contribution in [-0.2, 0) is 0 Å². The third kappa shape index (κ3) is 1.09. The van der Waals surface area contributed by atoms with Gasteiger partial charge in [-0.25, -0.2) is 0 Å². The van der Waals surface area contributed by atoms with Crippen molar-refractivity contribution in [2.75, 3.05) is 0 Å². The lowest BCUT2D eigenvalue weighted by molar-refractivity contribution is 0.574. The second-order valence-corrected chi connectivity index (χ2v) is 3.72. The zero-order chi connectivity index (χ0) is 9.54. The van der Waals surface area contributed by atoms with Crippen molar-refractivity contribution in [2.45, 2.75) is 18.9 Å². The number of hydrogen-bond acceptors (Lipinski definition) is 4. The molecule has 0 spiro atoms. The fourth-order valence-corrected chi connectivity index (χ4v) is 1.64. The first-order valence-corrected chi connectivity index (χ1v) is 4.78. The SMILES string of the molecule is NC(c1nnc2cccnn12)C1CC1. The molecule has 5 heteroatoms. The van der Waals surface area contributed by atoms with Crippen molar-refractivity contribution in [3.05, 3.63) is 24.2 Å². The van der Waals surface area contributed by atoms with Gasteiger partial charge in [0.25, 0.3) is 0 Å². The Hall–Kier alpha value is -1.49. The maximum absolute atomic E-state index is 6.05. The Morgan fingerprint density at radius 2 is 2.29 bits per heavy atom. The van der Waals surface area contributed by atoms with Gasteiger partial charge in [0.15, 0.2) is 11.5 Å². The van der Waals surface area contributed by atoms with Gasteiger partial charge in [-0.05, 0) is 30.9 Å². The van der Waals surface area contributed by atoms with E-state index in [4.69, 9.17) is 5.73 Å². The van der Waals surface area contributed by atoms with Gasteiger partial charge in [0.05, 0.1) is 6.04 Å². The number of fused-ring (bicyclic) bond motifs is 1. The van der Waals surface area contributed by atoms with Crippen LogP contribution in [0.15, 0.2) is 18.3 Å². The minimum Gasteiger partial charge on any atom is -0.321 e. The van der Waals surface area contributed by atoms with Crippen LogP contribution < -0.4 is 5.73 Å². The van der Waals surface area contributed by atoms with Crippen molar-refractivity contribution in [1.29, 1.82) is 0 Å². The first-order chi connectivity index (χ1) is 6.86. The summed E-state index contributed by atoms with van der Waals surface area (Å²) in [5.74, 6) is 1.35. The van der Waals surface area contributed by atoms with Crippen molar-refractivity contribution in [3.8, 4) is 0 Å². The molecule has 0 saturated heterocycles. The van der Waals surface area contributed by atoms with Crippen LogP contribution in [0.4, 0.5) is 0 Å². The van der Waals surface area contributed by atoms with E-state index in [1.54, 1.807) is 10.7 Å². The zero-order valence-electron chi connectivity index (χ0n) is 7.67. The molecule has 14 heavy (non-hydrogen) atoms. The summed E-state index contributed by atoms with van der Waals surface area (Å²) in [7, 11) is 0. The van der Waals surface area contributed by atoms with E-state index in [0.29, 0.717) is 5.92 Å². The third-order valence-corrected chi connectivity index (χ3v) is 2.63. The molecule has 1 unspecified atom stereocenters. The molecule has 2 heterocycles. The Labute approximate surface area is 80.9 Å². The van der Waals surface area contributed by atoms with Crippen molar-refractivity contribution >= 4 is 5.65 Å². The fraction of sp³-hybridized carbons (Fsp3) is 0.444. The quantitative estimate of drug-likeness (QED) is 0.748. The van der Waals surface area contributed by atoms with E-state index in [0.717, 1.165) is 11.5 Å². The Kier molecular flexibility index (Phi) is 1.55. The summed E-state index contributed by atoms with van der Waals surface area (Å²) in [5.41, 5.74) is 6.81. The summed E-state index contributed by atoms with van der Waals surface area (Å²) < 4.78 is 1.73. The first-order valence-electron chi connectivity index (χ1n) is 4.78. The molecule has 72 valence electrons. The predicted octanol–water partition coefficient (Wildman–Crippen LogP) is 0.534. The zero-order valence-corrected chi connectivity index (χ0v) is 7.67. The highest BCUT2D eigenvalue weighted by atomic mass is 15.4. The molecule has 1 aliphatic rings. The van der Waals surface area contributed by atoms with Crippen molar-refractivity contribution in [1.82, 2.24) is 19.8 Å². The summed E-state index contributed by atoms with van der Waals surface area (Å²) in [4.78, 5) is 0. The molecule has 1 aliphatic carbocycles. The smallest absolute Gasteiger partial charge is 0.177 e. The van der Waals surface area contributed by atoms with E-state index in [1.165, 1.54) is 12.8 Å². The average Bonchev–Trinajstić information content (AvgIpc) is 2.97. The molecule has 1 fully saturated rings. The van der Waals surface area contributed by atoms with Gasteiger partial charge in [0.2, 0.25) is 0 Å². The van der Waals surface area contributed by atoms with E-state index in [1.807, 2.05) is 12.1 Å². The molecule has 5 nitrogen and oxygen atoms in total. The summed E-state index contributed by atoms with van der Waals surface area (Å²) in [6, 6.07) is 3.71. The van der Waals surface area contributed by atoms with Gasteiger partial charge in [-0.3, -0.25) is 0 Å². The maximum Gasteiger partial charge on any atom is 0.177 e. The molecular formula is C9H11N5. The van der Waals surface area contributed by atoms with Crippen LogP contribution in [0.1, 0.15) is 24.7 Å². The summed E-state index contributed by atoms with van der Waals surface area (Å²) in [6.45, 7) is 0. The Morgan fingerprint density at radius 1 is 1.43 bits per heavy atom. The van der Waals surface area contributed by atoms with Crippen LogP contribution in [0.2, 0.25) is 0 Å². The number of nitrogens with two attached hydrogens (primary N) is 1. The van der Waals surface area contributed by atoms with Gasteiger partial charge in [0, 0.05) is 6.20 Å². The van der Waals surface area contributed by atoms with E-state index < -0.39 is 0 Å². The number of nitrogens with zero attached hydrogens (tertiary/aromatic N) is 4. The number of aromatic nitrogens is 4. The summed E-state index contributed by atoms with van der Waals surface area (Å²) in [5, 5.41) is 12.3. The van der Waals surface area contributed by atoms with Gasteiger partial charge in [-0.2, -0.15) is 9.61 Å². The van der Waals surface area contributed by atoms with E-state index in [2.05, 4.69) is 15.3 Å². The van der Waals surface area contributed by atoms with Crippen LogP contribution in [0.3, 0.4) is 0 Å². The molecule has 2 aromatic rings. The maximum atomic E-state index is 6.05. The van der Waals surface area contributed by atoms with Crippen LogP contribution >= 0.6 is 0 Å². The van der Waals surface area contributed by atoms with Gasteiger partial charge >= 0.3 is 0 Å². The monoisotopic (exact) mass is 189 g/mol. The van der Waals surface area contributed by atoms with Gasteiger partial charge in [-0.1, -0.05) is 0 Å². The second kappa shape index (κ2) is 2.75. The Morgan fingerprint density at radius 3 is 3.07 bits per heavy atom. The lowest BCUT2D eigenvalue weighted by atomic mass is 10.2. The third-order valence-electron chi connectivity index (χ3n) is 2.63. The molecule has 2 N–H and O–H groups in total. The highest BCUT2D eigenvalue weighted by molar-refractivity contribution is 5.35. The van der Waals surface area contributed by atoms with Crippen molar-refractivity contribution in [2.24, 2.45) is 11.7 Å². The van der Waals surface area contributed by atoms with Crippen LogP contribution in [0, 0.1) is 5.92 Å². The fourth-order valence-electron chi connectivity index (χ4n) is 1.64. The van der Waals surface area contributed by atoms with Gasteiger partial charge in [-0.15, -0.1) is 10.2 Å². The molecule has 0 aliphatic heterocycles. The van der Waals surface area contributed by atoms with Crippen molar-refractivity contribution < 1.29 is 0 Å². The molecule has 0 aromatic carbocycles. The summed E-state index contributed by atoms with van der Waals surface area (Å²) in [6.07, 6.45) is 4.12. The van der Waals surface area contributed by atoms with Crippen molar-refractivity contribution in [3.63, 3.8) is 0 Å². The Bertz CT molecular complexity index is 459. The minimum absolute atomic E-state index is 0.0140. The lowest BCUT2D eigenvalue weighted by Gasteiger charge is -2.05. The summed E-state index contributed by atoms with van der Waals surface area (Å²) >= 11 is 0. The lowest BCUT2D eigenvalue weighted by Crippen LogP contribution is -2.16. The van der Waals surface area contributed by atoms with E-state index in [-0.39, 0.29) is 6.04 Å². The molecular weight excluding hydrogens is 178 g/mol. The molecule has 0 amide bonds. The predicted molar refractivity (Wildman–Crippen MR) is 50.4 cm³/mol. The van der Waals surface area contributed by atoms with Crippen LogP contribution in [0.5, 0.6) is 0 Å². The molecule has 3 rings (SSSR count). The topological polar surface area (TPSA) is 69.1 Å². The van der Waals surface area contributed by atoms with Crippen LogP contribution in [-0.4, -0.2) is 19.8 Å². The molecule has 1 atom stereocenters. The number of rotatable bonds is 2.